The molecular weight excluding hydrogens is 276 g/mol. The fourth-order valence-corrected chi connectivity index (χ4v) is 3.50. The van der Waals surface area contributed by atoms with Crippen molar-refractivity contribution in [1.82, 2.24) is 15.0 Å². The third kappa shape index (κ3) is 3.15. The first-order valence-electron chi connectivity index (χ1n) is 7.44. The van der Waals surface area contributed by atoms with Gasteiger partial charge >= 0.3 is 0 Å². The summed E-state index contributed by atoms with van der Waals surface area (Å²) in [5, 5.41) is 4.08. The number of hydrogen-bond acceptors (Lipinski definition) is 5. The Hall–Kier alpha value is -0.650. The first kappa shape index (κ1) is 15.7. The molecule has 1 saturated heterocycles. The summed E-state index contributed by atoms with van der Waals surface area (Å²) in [6, 6.07) is 0.389. The first-order valence-corrected chi connectivity index (χ1v) is 7.44. The molecule has 0 radical (unpaired) electrons. The highest BCUT2D eigenvalue weighted by Gasteiger charge is 2.38. The Kier molecular flexibility index (Phi) is 5.04. The average Bonchev–Trinajstić information content (AvgIpc) is 2.96. The zero-order valence-electron chi connectivity index (χ0n) is 12.3. The van der Waals surface area contributed by atoms with Crippen LogP contribution in [-0.2, 0) is 6.54 Å². The molecule has 2 N–H and O–H groups in total. The van der Waals surface area contributed by atoms with Crippen molar-refractivity contribution in [3.63, 3.8) is 0 Å². The van der Waals surface area contributed by atoms with Gasteiger partial charge in [-0.3, -0.25) is 4.90 Å². The maximum atomic E-state index is 6.24. The fourth-order valence-electron chi connectivity index (χ4n) is 3.50. The van der Waals surface area contributed by atoms with Gasteiger partial charge in [-0.1, -0.05) is 25.4 Å². The van der Waals surface area contributed by atoms with Gasteiger partial charge in [0.2, 0.25) is 5.89 Å². The Bertz CT molecular complexity index is 437. The molecule has 20 heavy (non-hydrogen) atoms. The lowest BCUT2D eigenvalue weighted by molar-refractivity contribution is 0.258. The predicted molar refractivity (Wildman–Crippen MR) is 79.7 cm³/mol. The van der Waals surface area contributed by atoms with E-state index >= 15 is 0 Å². The number of rotatable bonds is 3. The van der Waals surface area contributed by atoms with E-state index in [1.165, 1.54) is 19.3 Å². The Morgan fingerprint density at radius 3 is 2.80 bits per heavy atom. The minimum absolute atomic E-state index is 0. The van der Waals surface area contributed by atoms with E-state index in [-0.39, 0.29) is 12.4 Å². The smallest absolute Gasteiger partial charge is 0.229 e. The van der Waals surface area contributed by atoms with Crippen molar-refractivity contribution in [3.05, 3.63) is 11.7 Å². The van der Waals surface area contributed by atoms with E-state index in [1.807, 2.05) is 0 Å². The maximum Gasteiger partial charge on any atom is 0.229 e. The molecule has 3 rings (SSSR count). The molecule has 2 fully saturated rings. The summed E-state index contributed by atoms with van der Waals surface area (Å²) in [6.45, 7) is 7.18. The van der Waals surface area contributed by atoms with Gasteiger partial charge in [0.05, 0.1) is 6.54 Å². The molecule has 2 aliphatic rings. The topological polar surface area (TPSA) is 68.2 Å². The molecule has 5 nitrogen and oxygen atoms in total. The highest BCUT2D eigenvalue weighted by molar-refractivity contribution is 5.85. The lowest BCUT2D eigenvalue weighted by Gasteiger charge is -2.29. The predicted octanol–water partition coefficient (Wildman–Crippen LogP) is 2.17. The van der Waals surface area contributed by atoms with Crippen LogP contribution in [0.25, 0.3) is 0 Å². The molecule has 3 unspecified atom stereocenters. The van der Waals surface area contributed by atoms with Crippen LogP contribution >= 0.6 is 12.4 Å². The van der Waals surface area contributed by atoms with Crippen LogP contribution in [-0.4, -0.2) is 34.2 Å². The number of aromatic nitrogens is 2. The van der Waals surface area contributed by atoms with Crippen molar-refractivity contribution in [2.75, 3.05) is 13.1 Å². The van der Waals surface area contributed by atoms with Crippen LogP contribution in [0, 0.1) is 11.8 Å². The van der Waals surface area contributed by atoms with Gasteiger partial charge in [-0.2, -0.15) is 4.98 Å². The third-order valence-electron chi connectivity index (χ3n) is 4.57. The second-order valence-electron chi connectivity index (χ2n) is 6.42. The number of nitrogens with zero attached hydrogens (tertiary/aromatic N) is 3. The van der Waals surface area contributed by atoms with Gasteiger partial charge in [-0.05, 0) is 24.7 Å². The highest BCUT2D eigenvalue weighted by atomic mass is 35.5. The van der Waals surface area contributed by atoms with Crippen molar-refractivity contribution in [1.29, 1.82) is 0 Å². The van der Waals surface area contributed by atoms with Crippen molar-refractivity contribution in [3.8, 4) is 0 Å². The molecule has 6 heteroatoms. The quantitative estimate of drug-likeness (QED) is 0.926. The molecule has 3 atom stereocenters. The van der Waals surface area contributed by atoms with Gasteiger partial charge in [0.1, 0.15) is 0 Å². The minimum Gasteiger partial charge on any atom is -0.339 e. The van der Waals surface area contributed by atoms with Crippen LogP contribution in [0.5, 0.6) is 0 Å². The van der Waals surface area contributed by atoms with E-state index in [1.54, 1.807) is 0 Å². The molecule has 0 amide bonds. The van der Waals surface area contributed by atoms with Crippen LogP contribution in [0.4, 0.5) is 0 Å². The minimum atomic E-state index is 0. The molecule has 1 saturated carbocycles. The van der Waals surface area contributed by atoms with Crippen molar-refractivity contribution < 1.29 is 4.52 Å². The van der Waals surface area contributed by atoms with Crippen LogP contribution in [0.3, 0.4) is 0 Å². The largest absolute Gasteiger partial charge is 0.339 e. The highest BCUT2D eigenvalue weighted by Crippen LogP contribution is 2.35. The van der Waals surface area contributed by atoms with Gasteiger partial charge in [0.25, 0.3) is 0 Å². The SMILES string of the molecule is CC(C)c1nc(CN2CC3CCCC(N)C3C2)no1.Cl. The van der Waals surface area contributed by atoms with E-state index in [0.717, 1.165) is 37.3 Å². The lowest BCUT2D eigenvalue weighted by Crippen LogP contribution is -2.38. The summed E-state index contributed by atoms with van der Waals surface area (Å²) < 4.78 is 5.26. The molecule has 0 bridgehead atoms. The molecule has 1 aliphatic heterocycles. The molecular formula is C14H25ClN4O. The number of nitrogens with two attached hydrogens (primary N) is 1. The fraction of sp³-hybridized carbons (Fsp3) is 0.857. The van der Waals surface area contributed by atoms with Crippen LogP contribution in [0.2, 0.25) is 0 Å². The standard InChI is InChI=1S/C14H24N4O.ClH/c1-9(2)14-16-13(17-19-14)8-18-6-10-4-3-5-12(15)11(10)7-18;/h9-12H,3-8,15H2,1-2H3;1H. The maximum absolute atomic E-state index is 6.24. The third-order valence-corrected chi connectivity index (χ3v) is 4.57. The molecule has 0 spiro atoms. The number of fused-ring (bicyclic) bond motifs is 1. The number of hydrogen-bond donors (Lipinski definition) is 1. The summed E-state index contributed by atoms with van der Waals surface area (Å²) in [5.74, 6) is 3.31. The van der Waals surface area contributed by atoms with Crippen molar-refractivity contribution in [2.24, 2.45) is 17.6 Å². The summed E-state index contributed by atoms with van der Waals surface area (Å²) in [7, 11) is 0. The Morgan fingerprint density at radius 1 is 1.35 bits per heavy atom. The van der Waals surface area contributed by atoms with Gasteiger partial charge < -0.3 is 10.3 Å². The number of halogens is 1. The molecule has 1 aromatic heterocycles. The van der Waals surface area contributed by atoms with Gasteiger partial charge in [0.15, 0.2) is 5.82 Å². The molecule has 0 aromatic carbocycles. The van der Waals surface area contributed by atoms with E-state index in [2.05, 4.69) is 28.9 Å². The van der Waals surface area contributed by atoms with E-state index in [4.69, 9.17) is 10.3 Å². The van der Waals surface area contributed by atoms with Gasteiger partial charge in [-0.15, -0.1) is 12.4 Å². The molecule has 114 valence electrons. The van der Waals surface area contributed by atoms with E-state index in [9.17, 15) is 0 Å². The zero-order chi connectivity index (χ0) is 13.4. The second kappa shape index (κ2) is 6.41. The summed E-state index contributed by atoms with van der Waals surface area (Å²) in [6.07, 6.45) is 3.81. The van der Waals surface area contributed by atoms with Gasteiger partial charge in [-0.25, -0.2) is 0 Å². The second-order valence-corrected chi connectivity index (χ2v) is 6.42. The Labute approximate surface area is 126 Å². The summed E-state index contributed by atoms with van der Waals surface area (Å²) in [5.41, 5.74) is 6.24. The van der Waals surface area contributed by atoms with Crippen molar-refractivity contribution in [2.45, 2.75) is 51.6 Å². The van der Waals surface area contributed by atoms with Crippen molar-refractivity contribution >= 4 is 12.4 Å². The van der Waals surface area contributed by atoms with E-state index < -0.39 is 0 Å². The van der Waals surface area contributed by atoms with Crippen LogP contribution in [0.1, 0.15) is 50.7 Å². The normalized spacial score (nSPS) is 30.3. The lowest BCUT2D eigenvalue weighted by atomic mass is 9.78. The molecule has 1 aromatic rings. The zero-order valence-corrected chi connectivity index (χ0v) is 13.1. The monoisotopic (exact) mass is 300 g/mol. The Morgan fingerprint density at radius 2 is 2.15 bits per heavy atom. The molecule has 1 aliphatic carbocycles. The molecule has 2 heterocycles. The summed E-state index contributed by atoms with van der Waals surface area (Å²) in [4.78, 5) is 6.90. The first-order chi connectivity index (χ1) is 9.13. The van der Waals surface area contributed by atoms with Crippen LogP contribution in [0.15, 0.2) is 4.52 Å². The number of likely N-dealkylation sites (tertiary alicyclic amines) is 1. The van der Waals surface area contributed by atoms with Crippen LogP contribution < -0.4 is 5.73 Å². The van der Waals surface area contributed by atoms with Gasteiger partial charge in [0, 0.05) is 25.0 Å². The average molecular weight is 301 g/mol. The summed E-state index contributed by atoms with van der Waals surface area (Å²) >= 11 is 0. The Balaban J connectivity index is 0.00000147. The van der Waals surface area contributed by atoms with E-state index in [0.29, 0.717) is 17.9 Å².